The van der Waals surface area contributed by atoms with E-state index in [4.69, 9.17) is 10.00 Å². The quantitative estimate of drug-likeness (QED) is 0.535. The normalized spacial score (nSPS) is 21.2. The summed E-state index contributed by atoms with van der Waals surface area (Å²) in [4.78, 5) is 3.75. The van der Waals surface area contributed by atoms with Gasteiger partial charge in [-0.2, -0.15) is 5.26 Å². The SMILES string of the molecule is N#Cc1ncn(C[C@H]2CO2)n1. The maximum Gasteiger partial charge on any atom is 0.252 e. The van der Waals surface area contributed by atoms with E-state index in [-0.39, 0.29) is 11.9 Å². The zero-order valence-electron chi connectivity index (χ0n) is 5.77. The number of rotatable bonds is 2. The van der Waals surface area contributed by atoms with E-state index in [1.807, 2.05) is 6.07 Å². The molecule has 1 saturated heterocycles. The molecule has 0 amide bonds. The largest absolute Gasteiger partial charge is 0.371 e. The fourth-order valence-electron chi connectivity index (χ4n) is 0.816. The number of nitrogens with zero attached hydrogens (tertiary/aromatic N) is 4. The minimum absolute atomic E-state index is 0.214. The van der Waals surface area contributed by atoms with Crippen LogP contribution in [-0.4, -0.2) is 27.5 Å². The first-order chi connectivity index (χ1) is 5.38. The van der Waals surface area contributed by atoms with Crippen LogP contribution in [-0.2, 0) is 11.3 Å². The van der Waals surface area contributed by atoms with E-state index >= 15 is 0 Å². The molecular formula is C6H6N4O. The third-order valence-electron chi connectivity index (χ3n) is 1.43. The Kier molecular flexibility index (Phi) is 1.33. The lowest BCUT2D eigenvalue weighted by Crippen LogP contribution is -2.04. The lowest BCUT2D eigenvalue weighted by molar-refractivity contribution is 0.373. The van der Waals surface area contributed by atoms with Crippen molar-refractivity contribution in [2.45, 2.75) is 12.6 Å². The van der Waals surface area contributed by atoms with Crippen molar-refractivity contribution >= 4 is 0 Å². The highest BCUT2D eigenvalue weighted by Crippen LogP contribution is 2.10. The van der Waals surface area contributed by atoms with Gasteiger partial charge in [-0.15, -0.1) is 5.10 Å². The van der Waals surface area contributed by atoms with Gasteiger partial charge < -0.3 is 4.74 Å². The smallest absolute Gasteiger partial charge is 0.252 e. The Morgan fingerprint density at radius 1 is 1.91 bits per heavy atom. The van der Waals surface area contributed by atoms with Crippen molar-refractivity contribution in [3.63, 3.8) is 0 Å². The molecule has 1 aromatic heterocycles. The number of aromatic nitrogens is 3. The van der Waals surface area contributed by atoms with Crippen LogP contribution in [0, 0.1) is 11.3 Å². The number of nitriles is 1. The molecule has 1 atom stereocenters. The first-order valence-electron chi connectivity index (χ1n) is 3.29. The van der Waals surface area contributed by atoms with Crippen LogP contribution in [0.25, 0.3) is 0 Å². The van der Waals surface area contributed by atoms with E-state index in [1.54, 1.807) is 11.0 Å². The van der Waals surface area contributed by atoms with Gasteiger partial charge in [0.05, 0.1) is 13.2 Å². The molecule has 1 aliphatic heterocycles. The molecule has 2 heterocycles. The molecule has 2 rings (SSSR count). The van der Waals surface area contributed by atoms with Gasteiger partial charge in [0.1, 0.15) is 18.5 Å². The molecule has 1 aromatic rings. The van der Waals surface area contributed by atoms with Crippen molar-refractivity contribution < 1.29 is 4.74 Å². The fourth-order valence-corrected chi connectivity index (χ4v) is 0.816. The monoisotopic (exact) mass is 150 g/mol. The van der Waals surface area contributed by atoms with Crippen LogP contribution in [0.4, 0.5) is 0 Å². The molecule has 0 spiro atoms. The molecule has 5 nitrogen and oxygen atoms in total. The average Bonchev–Trinajstić information content (AvgIpc) is 2.68. The highest BCUT2D eigenvalue weighted by atomic mass is 16.6. The Morgan fingerprint density at radius 2 is 2.73 bits per heavy atom. The van der Waals surface area contributed by atoms with Crippen LogP contribution in [0.5, 0.6) is 0 Å². The second kappa shape index (κ2) is 2.32. The van der Waals surface area contributed by atoms with Crippen LogP contribution in [0.1, 0.15) is 5.82 Å². The Hall–Kier alpha value is -1.41. The minimum Gasteiger partial charge on any atom is -0.371 e. The van der Waals surface area contributed by atoms with Crippen molar-refractivity contribution in [1.82, 2.24) is 14.8 Å². The van der Waals surface area contributed by atoms with E-state index in [9.17, 15) is 0 Å². The molecule has 1 aliphatic rings. The zero-order valence-corrected chi connectivity index (χ0v) is 5.77. The first-order valence-corrected chi connectivity index (χ1v) is 3.29. The van der Waals surface area contributed by atoms with Crippen molar-refractivity contribution in [3.8, 4) is 6.07 Å². The molecule has 0 radical (unpaired) electrons. The van der Waals surface area contributed by atoms with Crippen molar-refractivity contribution in [2.75, 3.05) is 6.61 Å². The van der Waals surface area contributed by atoms with E-state index in [1.165, 1.54) is 0 Å². The van der Waals surface area contributed by atoms with Gasteiger partial charge in [-0.1, -0.05) is 0 Å². The maximum atomic E-state index is 8.38. The van der Waals surface area contributed by atoms with E-state index in [0.29, 0.717) is 6.54 Å². The summed E-state index contributed by atoms with van der Waals surface area (Å²) >= 11 is 0. The molecule has 0 unspecified atom stereocenters. The molecule has 1 fully saturated rings. The zero-order chi connectivity index (χ0) is 7.68. The summed E-state index contributed by atoms with van der Waals surface area (Å²) in [5, 5.41) is 12.3. The standard InChI is InChI=1S/C6H6N4O/c7-1-6-8-4-10(9-6)2-5-3-11-5/h4-5H,2-3H2/t5-/m0/s1. The van der Waals surface area contributed by atoms with Gasteiger partial charge >= 0.3 is 0 Å². The Morgan fingerprint density at radius 3 is 3.27 bits per heavy atom. The highest BCUT2D eigenvalue weighted by molar-refractivity contribution is 5.05. The van der Waals surface area contributed by atoms with Gasteiger partial charge in [0.2, 0.25) is 0 Å². The van der Waals surface area contributed by atoms with Crippen LogP contribution in [0.3, 0.4) is 0 Å². The van der Waals surface area contributed by atoms with Gasteiger partial charge in [-0.25, -0.2) is 9.67 Å². The lowest BCUT2D eigenvalue weighted by Gasteiger charge is -1.91. The predicted octanol–water partition coefficient (Wildman–Crippen LogP) is -0.451. The van der Waals surface area contributed by atoms with Gasteiger partial charge in [0.15, 0.2) is 0 Å². The second-order valence-electron chi connectivity index (χ2n) is 2.36. The molecule has 5 heteroatoms. The predicted molar refractivity (Wildman–Crippen MR) is 34.5 cm³/mol. The topological polar surface area (TPSA) is 67.0 Å². The van der Waals surface area contributed by atoms with E-state index in [2.05, 4.69) is 10.1 Å². The molecule has 0 N–H and O–H groups in total. The van der Waals surface area contributed by atoms with Crippen LogP contribution >= 0.6 is 0 Å². The third-order valence-corrected chi connectivity index (χ3v) is 1.43. The molecule has 0 aromatic carbocycles. The van der Waals surface area contributed by atoms with E-state index in [0.717, 1.165) is 6.61 Å². The third kappa shape index (κ3) is 1.36. The maximum absolute atomic E-state index is 8.38. The van der Waals surface area contributed by atoms with Gasteiger partial charge in [-0.05, 0) is 0 Å². The van der Waals surface area contributed by atoms with Gasteiger partial charge in [0, 0.05) is 0 Å². The van der Waals surface area contributed by atoms with Crippen molar-refractivity contribution in [2.24, 2.45) is 0 Å². The summed E-state index contributed by atoms with van der Waals surface area (Å²) in [6.07, 6.45) is 1.82. The van der Waals surface area contributed by atoms with Crippen LogP contribution in [0.15, 0.2) is 6.33 Å². The minimum atomic E-state index is 0.214. The summed E-state index contributed by atoms with van der Waals surface area (Å²) in [6.45, 7) is 1.50. The lowest BCUT2D eigenvalue weighted by atomic mass is 10.5. The van der Waals surface area contributed by atoms with Crippen LogP contribution < -0.4 is 0 Å². The molecule has 0 bridgehead atoms. The number of hydrogen-bond donors (Lipinski definition) is 0. The fraction of sp³-hybridized carbons (Fsp3) is 0.500. The summed E-state index contributed by atoms with van der Waals surface area (Å²) < 4.78 is 6.61. The Bertz CT molecular complexity index is 296. The Balaban J connectivity index is 2.07. The molecule has 11 heavy (non-hydrogen) atoms. The second-order valence-corrected chi connectivity index (χ2v) is 2.36. The number of hydrogen-bond acceptors (Lipinski definition) is 4. The van der Waals surface area contributed by atoms with Crippen LogP contribution in [0.2, 0.25) is 0 Å². The molecule has 0 aliphatic carbocycles. The van der Waals surface area contributed by atoms with Crippen molar-refractivity contribution in [1.29, 1.82) is 5.26 Å². The first kappa shape index (κ1) is 6.31. The summed E-state index contributed by atoms with van der Waals surface area (Å²) in [6, 6.07) is 1.86. The van der Waals surface area contributed by atoms with E-state index < -0.39 is 0 Å². The number of ether oxygens (including phenoxy) is 1. The Labute approximate surface area is 63.2 Å². The molecular weight excluding hydrogens is 144 g/mol. The molecule has 0 saturated carbocycles. The van der Waals surface area contributed by atoms with Crippen molar-refractivity contribution in [3.05, 3.63) is 12.2 Å². The van der Waals surface area contributed by atoms with Gasteiger partial charge in [0.25, 0.3) is 5.82 Å². The van der Waals surface area contributed by atoms with Gasteiger partial charge in [-0.3, -0.25) is 0 Å². The summed E-state index contributed by atoms with van der Waals surface area (Å²) in [5.41, 5.74) is 0. The molecule has 56 valence electrons. The summed E-state index contributed by atoms with van der Waals surface area (Å²) in [5.74, 6) is 0.214. The number of epoxide rings is 1. The average molecular weight is 150 g/mol. The highest BCUT2D eigenvalue weighted by Gasteiger charge is 2.23. The summed E-state index contributed by atoms with van der Waals surface area (Å²) in [7, 11) is 0.